The van der Waals surface area contributed by atoms with E-state index < -0.39 is 0 Å². The van der Waals surface area contributed by atoms with Crippen LogP contribution in [0.2, 0.25) is 0 Å². The van der Waals surface area contributed by atoms with Gasteiger partial charge in [-0.2, -0.15) is 0 Å². The second-order valence-corrected chi connectivity index (χ2v) is 4.05. The second-order valence-electron chi connectivity index (χ2n) is 4.05. The fourth-order valence-corrected chi connectivity index (χ4v) is 1.61. The van der Waals surface area contributed by atoms with Crippen molar-refractivity contribution in [1.29, 1.82) is 0 Å². The zero-order chi connectivity index (χ0) is 12.5. The Morgan fingerprint density at radius 1 is 1.24 bits per heavy atom. The van der Waals surface area contributed by atoms with E-state index in [-0.39, 0.29) is 6.10 Å². The maximum atomic E-state index is 9.56. The van der Waals surface area contributed by atoms with Crippen molar-refractivity contribution < 1.29 is 14.6 Å². The zero-order valence-electron chi connectivity index (χ0n) is 10.7. The maximum Gasteiger partial charge on any atom is 0.122 e. The first-order valence-corrected chi connectivity index (χ1v) is 6.15. The normalized spacial score (nSPS) is 12.4. The van der Waals surface area contributed by atoms with Gasteiger partial charge in [0, 0.05) is 7.11 Å². The molecule has 96 valence electrons. The Morgan fingerprint density at radius 2 is 2.00 bits per heavy atom. The topological polar surface area (TPSA) is 38.7 Å². The van der Waals surface area contributed by atoms with Gasteiger partial charge in [-0.3, -0.25) is 0 Å². The summed E-state index contributed by atoms with van der Waals surface area (Å²) in [6.45, 7) is 3.14. The Kier molecular flexibility index (Phi) is 6.67. The average molecular weight is 238 g/mol. The molecule has 1 unspecified atom stereocenters. The number of rotatable bonds is 8. The average Bonchev–Trinajstić information content (AvgIpc) is 2.37. The number of aliphatic hydroxyl groups is 1. The molecule has 1 aromatic rings. The smallest absolute Gasteiger partial charge is 0.122 e. The summed E-state index contributed by atoms with van der Waals surface area (Å²) in [5, 5.41) is 9.56. The first-order chi connectivity index (χ1) is 8.27. The van der Waals surface area contributed by atoms with Gasteiger partial charge in [0.2, 0.25) is 0 Å². The van der Waals surface area contributed by atoms with E-state index >= 15 is 0 Å². The second kappa shape index (κ2) is 8.09. The van der Waals surface area contributed by atoms with Crippen LogP contribution < -0.4 is 4.74 Å². The molecule has 3 heteroatoms. The van der Waals surface area contributed by atoms with Crippen LogP contribution in [0.15, 0.2) is 24.3 Å². The molecule has 0 aliphatic rings. The van der Waals surface area contributed by atoms with E-state index in [4.69, 9.17) is 9.47 Å². The van der Waals surface area contributed by atoms with E-state index in [0.717, 1.165) is 30.6 Å². The van der Waals surface area contributed by atoms with Crippen LogP contribution in [0.3, 0.4) is 0 Å². The molecule has 1 N–H and O–H groups in total. The van der Waals surface area contributed by atoms with Gasteiger partial charge in [0.15, 0.2) is 0 Å². The lowest BCUT2D eigenvalue weighted by Gasteiger charge is -2.12. The molecule has 1 atom stereocenters. The quantitative estimate of drug-likeness (QED) is 0.707. The molecule has 0 spiro atoms. The molecule has 0 heterocycles. The Morgan fingerprint density at radius 3 is 2.71 bits per heavy atom. The molecule has 1 aromatic carbocycles. The number of ether oxygens (including phenoxy) is 2. The highest BCUT2D eigenvalue weighted by atomic mass is 16.5. The fourth-order valence-electron chi connectivity index (χ4n) is 1.61. The minimum atomic E-state index is -0.220. The van der Waals surface area contributed by atoms with Crippen LogP contribution in [0.5, 0.6) is 5.75 Å². The molecule has 17 heavy (non-hydrogen) atoms. The Hall–Kier alpha value is -1.06. The number of hydrogen-bond acceptors (Lipinski definition) is 3. The molecule has 0 radical (unpaired) electrons. The molecule has 0 aliphatic heterocycles. The van der Waals surface area contributed by atoms with Crippen molar-refractivity contribution in [2.75, 3.05) is 20.3 Å². The van der Waals surface area contributed by atoms with Gasteiger partial charge in [-0.25, -0.2) is 0 Å². The van der Waals surface area contributed by atoms with Gasteiger partial charge in [-0.15, -0.1) is 0 Å². The number of para-hydroxylation sites is 1. The Bertz CT molecular complexity index is 312. The first kappa shape index (κ1) is 14.0. The van der Waals surface area contributed by atoms with Gasteiger partial charge in [-0.05, 0) is 30.9 Å². The van der Waals surface area contributed by atoms with Gasteiger partial charge in [0.05, 0.1) is 12.7 Å². The standard InChI is InChI=1S/C14H22O3/c1-3-13(15)9-8-12-6-4-5-7-14(12)17-11-10-16-2/h4-7,13,15H,3,8-11H2,1-2H3. The molecule has 1 rings (SSSR count). The van der Waals surface area contributed by atoms with Crippen LogP contribution >= 0.6 is 0 Å². The van der Waals surface area contributed by atoms with Gasteiger partial charge < -0.3 is 14.6 Å². The number of aryl methyl sites for hydroxylation is 1. The number of hydrogen-bond donors (Lipinski definition) is 1. The van der Waals surface area contributed by atoms with Crippen LogP contribution in [0, 0.1) is 0 Å². The number of methoxy groups -OCH3 is 1. The molecule has 0 aromatic heterocycles. The van der Waals surface area contributed by atoms with Crippen LogP contribution in [-0.2, 0) is 11.2 Å². The summed E-state index contributed by atoms with van der Waals surface area (Å²) in [7, 11) is 1.66. The molecule has 3 nitrogen and oxygen atoms in total. The summed E-state index contributed by atoms with van der Waals surface area (Å²) in [5.74, 6) is 0.896. The fraction of sp³-hybridized carbons (Fsp3) is 0.571. The lowest BCUT2D eigenvalue weighted by Crippen LogP contribution is -2.08. The van der Waals surface area contributed by atoms with E-state index in [2.05, 4.69) is 0 Å². The van der Waals surface area contributed by atoms with Crippen molar-refractivity contribution in [2.45, 2.75) is 32.3 Å². The SMILES string of the molecule is CCC(O)CCc1ccccc1OCCOC. The molecule has 0 saturated carbocycles. The van der Waals surface area contributed by atoms with Crippen LogP contribution in [0.4, 0.5) is 0 Å². The lowest BCUT2D eigenvalue weighted by atomic mass is 10.0. The highest BCUT2D eigenvalue weighted by Gasteiger charge is 2.06. The Labute approximate surface area is 103 Å². The molecule has 0 saturated heterocycles. The predicted octanol–water partition coefficient (Wildman–Crippen LogP) is 2.42. The molecular weight excluding hydrogens is 216 g/mol. The summed E-state index contributed by atoms with van der Waals surface area (Å²) in [4.78, 5) is 0. The summed E-state index contributed by atoms with van der Waals surface area (Å²) in [6.07, 6.45) is 2.20. The molecule has 0 bridgehead atoms. The highest BCUT2D eigenvalue weighted by Crippen LogP contribution is 2.20. The highest BCUT2D eigenvalue weighted by molar-refractivity contribution is 5.33. The van der Waals surface area contributed by atoms with Crippen molar-refractivity contribution in [1.82, 2.24) is 0 Å². The first-order valence-electron chi connectivity index (χ1n) is 6.15. The molecule has 0 aliphatic carbocycles. The van der Waals surface area contributed by atoms with E-state index in [9.17, 15) is 5.11 Å². The number of benzene rings is 1. The number of aliphatic hydroxyl groups excluding tert-OH is 1. The monoisotopic (exact) mass is 238 g/mol. The third-order valence-electron chi connectivity index (χ3n) is 2.74. The van der Waals surface area contributed by atoms with Gasteiger partial charge >= 0.3 is 0 Å². The minimum absolute atomic E-state index is 0.220. The van der Waals surface area contributed by atoms with Crippen molar-refractivity contribution in [3.8, 4) is 5.75 Å². The third kappa shape index (κ3) is 5.20. The molecule has 0 amide bonds. The summed E-state index contributed by atoms with van der Waals surface area (Å²) in [6, 6.07) is 7.96. The third-order valence-corrected chi connectivity index (χ3v) is 2.74. The van der Waals surface area contributed by atoms with Crippen molar-refractivity contribution in [3.63, 3.8) is 0 Å². The summed E-state index contributed by atoms with van der Waals surface area (Å²) < 4.78 is 10.6. The van der Waals surface area contributed by atoms with Crippen LogP contribution in [-0.4, -0.2) is 31.5 Å². The van der Waals surface area contributed by atoms with Crippen LogP contribution in [0.1, 0.15) is 25.3 Å². The van der Waals surface area contributed by atoms with Crippen LogP contribution in [0.25, 0.3) is 0 Å². The molecular formula is C14H22O3. The summed E-state index contributed by atoms with van der Waals surface area (Å²) >= 11 is 0. The van der Waals surface area contributed by atoms with Crippen molar-refractivity contribution in [2.24, 2.45) is 0 Å². The van der Waals surface area contributed by atoms with E-state index in [0.29, 0.717) is 13.2 Å². The predicted molar refractivity (Wildman–Crippen MR) is 68.4 cm³/mol. The largest absolute Gasteiger partial charge is 0.491 e. The maximum absolute atomic E-state index is 9.56. The van der Waals surface area contributed by atoms with Gasteiger partial charge in [0.25, 0.3) is 0 Å². The van der Waals surface area contributed by atoms with E-state index in [1.807, 2.05) is 31.2 Å². The lowest BCUT2D eigenvalue weighted by molar-refractivity contribution is 0.144. The van der Waals surface area contributed by atoms with Crippen molar-refractivity contribution in [3.05, 3.63) is 29.8 Å². The van der Waals surface area contributed by atoms with Gasteiger partial charge in [0.1, 0.15) is 12.4 Å². The van der Waals surface area contributed by atoms with Gasteiger partial charge in [-0.1, -0.05) is 25.1 Å². The van der Waals surface area contributed by atoms with E-state index in [1.165, 1.54) is 0 Å². The minimum Gasteiger partial charge on any atom is -0.491 e. The summed E-state index contributed by atoms with van der Waals surface area (Å²) in [5.41, 5.74) is 1.15. The Balaban J connectivity index is 2.51. The van der Waals surface area contributed by atoms with Crippen molar-refractivity contribution >= 4 is 0 Å². The van der Waals surface area contributed by atoms with E-state index in [1.54, 1.807) is 7.11 Å². The molecule has 0 fully saturated rings. The zero-order valence-corrected chi connectivity index (χ0v) is 10.7.